The highest BCUT2D eigenvalue weighted by Gasteiger charge is 2.09. The van der Waals surface area contributed by atoms with Crippen LogP contribution in [0.1, 0.15) is 15.9 Å². The molecule has 0 saturated carbocycles. The first kappa shape index (κ1) is 17.2. The average Bonchev–Trinajstić information content (AvgIpc) is 2.61. The highest BCUT2D eigenvalue weighted by molar-refractivity contribution is 6.31. The van der Waals surface area contributed by atoms with Crippen LogP contribution in [0.3, 0.4) is 0 Å². The van der Waals surface area contributed by atoms with Crippen LogP contribution in [-0.2, 0) is 0 Å². The lowest BCUT2D eigenvalue weighted by Gasteiger charge is -2.08. The first-order chi connectivity index (χ1) is 12.0. The maximum atomic E-state index is 12.2. The fourth-order valence-corrected chi connectivity index (χ4v) is 2.35. The van der Waals surface area contributed by atoms with Gasteiger partial charge in [-0.15, -0.1) is 0 Å². The number of hydrogen-bond donors (Lipinski definition) is 2. The number of carbonyl (C=O) groups is 1. The third-order valence-electron chi connectivity index (χ3n) is 3.44. The molecule has 0 bridgehead atoms. The molecule has 0 unspecified atom stereocenters. The van der Waals surface area contributed by atoms with Gasteiger partial charge >= 0.3 is 0 Å². The third-order valence-corrected chi connectivity index (χ3v) is 4.10. The molecule has 0 saturated heterocycles. The standard InChI is InChI=1S/C18H14Cl2N4O/c1-11-2-5-15(8-16(11)20)23-17(25)12-9-21-18(22-10-12)24-14-6-3-13(19)4-7-14/h2-10H,1H3,(H,23,25)(H,21,22,24). The summed E-state index contributed by atoms with van der Waals surface area (Å²) < 4.78 is 0. The molecule has 5 nitrogen and oxygen atoms in total. The Morgan fingerprint density at radius 1 is 0.960 bits per heavy atom. The van der Waals surface area contributed by atoms with Crippen LogP contribution >= 0.6 is 23.2 Å². The van der Waals surface area contributed by atoms with Crippen molar-refractivity contribution in [3.63, 3.8) is 0 Å². The number of aryl methyl sites for hydroxylation is 1. The van der Waals surface area contributed by atoms with Crippen molar-refractivity contribution in [1.82, 2.24) is 9.97 Å². The van der Waals surface area contributed by atoms with Crippen LogP contribution in [0.2, 0.25) is 10.0 Å². The van der Waals surface area contributed by atoms with E-state index in [4.69, 9.17) is 23.2 Å². The summed E-state index contributed by atoms with van der Waals surface area (Å²) in [5.41, 5.74) is 2.71. The molecule has 7 heteroatoms. The van der Waals surface area contributed by atoms with Crippen molar-refractivity contribution in [3.05, 3.63) is 76.0 Å². The largest absolute Gasteiger partial charge is 0.324 e. The Hall–Kier alpha value is -2.63. The SMILES string of the molecule is Cc1ccc(NC(=O)c2cnc(Nc3ccc(Cl)cc3)nc2)cc1Cl. The van der Waals surface area contributed by atoms with E-state index in [1.807, 2.05) is 25.1 Å². The molecular formula is C18H14Cl2N4O. The predicted octanol–water partition coefficient (Wildman–Crippen LogP) is 5.09. The van der Waals surface area contributed by atoms with E-state index in [0.717, 1.165) is 11.3 Å². The van der Waals surface area contributed by atoms with Crippen LogP contribution in [0.25, 0.3) is 0 Å². The van der Waals surface area contributed by atoms with Gasteiger partial charge < -0.3 is 10.6 Å². The van der Waals surface area contributed by atoms with Crippen molar-refractivity contribution >= 4 is 46.4 Å². The topological polar surface area (TPSA) is 66.9 Å². The number of nitrogens with zero attached hydrogens (tertiary/aromatic N) is 2. The Labute approximate surface area is 155 Å². The molecular weight excluding hydrogens is 359 g/mol. The highest BCUT2D eigenvalue weighted by atomic mass is 35.5. The second-order valence-corrected chi connectivity index (χ2v) is 6.19. The van der Waals surface area contributed by atoms with Crippen molar-refractivity contribution in [2.45, 2.75) is 6.92 Å². The monoisotopic (exact) mass is 372 g/mol. The zero-order valence-corrected chi connectivity index (χ0v) is 14.8. The molecule has 0 aliphatic carbocycles. The fourth-order valence-electron chi connectivity index (χ4n) is 2.05. The molecule has 1 amide bonds. The summed E-state index contributed by atoms with van der Waals surface area (Å²) in [6.45, 7) is 1.90. The van der Waals surface area contributed by atoms with E-state index >= 15 is 0 Å². The zero-order chi connectivity index (χ0) is 17.8. The molecule has 25 heavy (non-hydrogen) atoms. The van der Waals surface area contributed by atoms with Crippen LogP contribution in [-0.4, -0.2) is 15.9 Å². The number of amides is 1. The van der Waals surface area contributed by atoms with Gasteiger partial charge in [-0.05, 0) is 48.9 Å². The van der Waals surface area contributed by atoms with Crippen molar-refractivity contribution in [3.8, 4) is 0 Å². The van der Waals surface area contributed by atoms with Gasteiger partial charge in [0.15, 0.2) is 0 Å². The Morgan fingerprint density at radius 3 is 2.24 bits per heavy atom. The summed E-state index contributed by atoms with van der Waals surface area (Å²) in [5, 5.41) is 7.04. The molecule has 1 aromatic heterocycles. The molecule has 0 aliphatic heterocycles. The molecule has 2 N–H and O–H groups in total. The van der Waals surface area contributed by atoms with Crippen LogP contribution in [0.5, 0.6) is 0 Å². The van der Waals surface area contributed by atoms with Crippen LogP contribution in [0, 0.1) is 6.92 Å². The average molecular weight is 373 g/mol. The van der Waals surface area contributed by atoms with E-state index in [1.54, 1.807) is 24.3 Å². The minimum absolute atomic E-state index is 0.307. The Balaban J connectivity index is 1.67. The van der Waals surface area contributed by atoms with E-state index in [0.29, 0.717) is 27.2 Å². The minimum atomic E-state index is -0.307. The van der Waals surface area contributed by atoms with Gasteiger partial charge in [-0.1, -0.05) is 29.3 Å². The molecule has 0 spiro atoms. The summed E-state index contributed by atoms with van der Waals surface area (Å²) in [6.07, 6.45) is 2.91. The number of nitrogens with one attached hydrogen (secondary N) is 2. The normalized spacial score (nSPS) is 10.4. The van der Waals surface area contributed by atoms with Crippen LogP contribution < -0.4 is 10.6 Å². The molecule has 0 radical (unpaired) electrons. The van der Waals surface area contributed by atoms with Crippen molar-refractivity contribution in [2.75, 3.05) is 10.6 Å². The highest BCUT2D eigenvalue weighted by Crippen LogP contribution is 2.20. The van der Waals surface area contributed by atoms with E-state index in [-0.39, 0.29) is 5.91 Å². The van der Waals surface area contributed by atoms with E-state index in [1.165, 1.54) is 12.4 Å². The van der Waals surface area contributed by atoms with Gasteiger partial charge in [-0.2, -0.15) is 0 Å². The molecule has 126 valence electrons. The number of anilines is 3. The summed E-state index contributed by atoms with van der Waals surface area (Å²) in [5.74, 6) is 0.0789. The maximum absolute atomic E-state index is 12.2. The quantitative estimate of drug-likeness (QED) is 0.669. The van der Waals surface area contributed by atoms with Gasteiger partial charge in [0.05, 0.1) is 5.56 Å². The van der Waals surface area contributed by atoms with Gasteiger partial charge in [-0.25, -0.2) is 9.97 Å². The van der Waals surface area contributed by atoms with Crippen molar-refractivity contribution < 1.29 is 4.79 Å². The smallest absolute Gasteiger partial charge is 0.258 e. The summed E-state index contributed by atoms with van der Waals surface area (Å²) >= 11 is 11.9. The first-order valence-electron chi connectivity index (χ1n) is 7.43. The number of benzene rings is 2. The Bertz CT molecular complexity index is 896. The number of hydrogen-bond acceptors (Lipinski definition) is 4. The molecule has 2 aromatic carbocycles. The summed E-state index contributed by atoms with van der Waals surface area (Å²) in [6, 6.07) is 12.5. The predicted molar refractivity (Wildman–Crippen MR) is 101 cm³/mol. The van der Waals surface area contributed by atoms with Gasteiger partial charge in [-0.3, -0.25) is 4.79 Å². The summed E-state index contributed by atoms with van der Waals surface area (Å²) in [4.78, 5) is 20.5. The van der Waals surface area contributed by atoms with Gasteiger partial charge in [0, 0.05) is 33.8 Å². The lowest BCUT2D eigenvalue weighted by Crippen LogP contribution is -2.13. The number of aromatic nitrogens is 2. The third kappa shape index (κ3) is 4.47. The van der Waals surface area contributed by atoms with Gasteiger partial charge in [0.25, 0.3) is 5.91 Å². The van der Waals surface area contributed by atoms with E-state index in [9.17, 15) is 4.79 Å². The Morgan fingerprint density at radius 2 is 1.60 bits per heavy atom. The molecule has 1 heterocycles. The van der Waals surface area contributed by atoms with Crippen LogP contribution in [0.15, 0.2) is 54.9 Å². The van der Waals surface area contributed by atoms with E-state index in [2.05, 4.69) is 20.6 Å². The lowest BCUT2D eigenvalue weighted by atomic mass is 10.2. The molecule has 0 atom stereocenters. The van der Waals surface area contributed by atoms with E-state index < -0.39 is 0 Å². The molecule has 0 aliphatic rings. The first-order valence-corrected chi connectivity index (χ1v) is 8.19. The Kier molecular flexibility index (Phi) is 5.16. The molecule has 3 aromatic rings. The zero-order valence-electron chi connectivity index (χ0n) is 13.3. The lowest BCUT2D eigenvalue weighted by molar-refractivity contribution is 0.102. The second kappa shape index (κ2) is 7.51. The van der Waals surface area contributed by atoms with Crippen molar-refractivity contribution in [1.29, 1.82) is 0 Å². The number of halogens is 2. The molecule has 0 fully saturated rings. The number of carbonyl (C=O) groups excluding carboxylic acids is 1. The fraction of sp³-hybridized carbons (Fsp3) is 0.0556. The van der Waals surface area contributed by atoms with Gasteiger partial charge in [0.2, 0.25) is 5.95 Å². The maximum Gasteiger partial charge on any atom is 0.258 e. The summed E-state index contributed by atoms with van der Waals surface area (Å²) in [7, 11) is 0. The van der Waals surface area contributed by atoms with Crippen molar-refractivity contribution in [2.24, 2.45) is 0 Å². The van der Waals surface area contributed by atoms with Crippen LogP contribution in [0.4, 0.5) is 17.3 Å². The van der Waals surface area contributed by atoms with Gasteiger partial charge in [0.1, 0.15) is 0 Å². The molecule has 3 rings (SSSR count). The minimum Gasteiger partial charge on any atom is -0.324 e. The second-order valence-electron chi connectivity index (χ2n) is 5.35. The number of rotatable bonds is 4.